The molecule has 1 aliphatic heterocycles. The van der Waals surface area contributed by atoms with Crippen LogP contribution in [0.4, 0.5) is 0 Å². The molecular weight excluding hydrogens is 334 g/mol. The predicted molar refractivity (Wildman–Crippen MR) is 85.4 cm³/mol. The van der Waals surface area contributed by atoms with E-state index in [0.717, 1.165) is 0 Å². The normalized spacial score (nSPS) is 19.2. The number of benzene rings is 1. The van der Waals surface area contributed by atoms with Gasteiger partial charge in [-0.25, -0.2) is 8.42 Å². The molecule has 0 spiro atoms. The lowest BCUT2D eigenvalue weighted by Gasteiger charge is -2.21. The van der Waals surface area contributed by atoms with Crippen molar-refractivity contribution in [2.45, 2.75) is 12.5 Å². The first kappa shape index (κ1) is 16.4. The van der Waals surface area contributed by atoms with Gasteiger partial charge in [0.25, 0.3) is 0 Å². The molecule has 24 heavy (non-hydrogen) atoms. The van der Waals surface area contributed by atoms with Crippen LogP contribution < -0.4 is 4.74 Å². The Morgan fingerprint density at radius 3 is 2.58 bits per heavy atom. The molecule has 2 heterocycles. The molecule has 1 aromatic heterocycles. The predicted octanol–water partition coefficient (Wildman–Crippen LogP) is 1.00. The first-order valence-corrected chi connectivity index (χ1v) is 9.17. The fraction of sp³-hybridized carbons (Fsp3) is 0.400. The Bertz CT molecular complexity index is 844. The second kappa shape index (κ2) is 6.23. The van der Waals surface area contributed by atoms with E-state index in [-0.39, 0.29) is 29.3 Å². The summed E-state index contributed by atoms with van der Waals surface area (Å²) in [6.45, 7) is 0. The van der Waals surface area contributed by atoms with E-state index < -0.39 is 15.7 Å². The Labute approximate surface area is 139 Å². The van der Waals surface area contributed by atoms with Crippen LogP contribution in [0.5, 0.6) is 5.75 Å². The maximum atomic E-state index is 12.4. The summed E-state index contributed by atoms with van der Waals surface area (Å²) in [7, 11) is 0.0407. The summed E-state index contributed by atoms with van der Waals surface area (Å²) in [4.78, 5) is 13.8. The molecule has 9 heteroatoms. The molecule has 1 amide bonds. The molecule has 1 aliphatic rings. The average Bonchev–Trinajstić information content (AvgIpc) is 3.20. The maximum Gasteiger partial charge on any atom is 0.311 e. The SMILES string of the molecule is COc1ccc(-c2nnc(C(=O)N(C)C3CCS(=O)(=O)C3)o2)cc1. The molecule has 1 unspecified atom stereocenters. The van der Waals surface area contributed by atoms with E-state index in [2.05, 4.69) is 10.2 Å². The molecule has 0 aliphatic carbocycles. The molecule has 0 bridgehead atoms. The summed E-state index contributed by atoms with van der Waals surface area (Å²) in [6.07, 6.45) is 0.421. The molecule has 8 nitrogen and oxygen atoms in total. The number of methoxy groups -OCH3 is 1. The molecule has 0 radical (unpaired) electrons. The smallest absolute Gasteiger partial charge is 0.311 e. The summed E-state index contributed by atoms with van der Waals surface area (Å²) in [5.41, 5.74) is 0.661. The zero-order valence-electron chi connectivity index (χ0n) is 13.3. The van der Waals surface area contributed by atoms with E-state index >= 15 is 0 Å². The summed E-state index contributed by atoms with van der Waals surface area (Å²) in [6, 6.07) is 6.62. The van der Waals surface area contributed by atoms with Crippen molar-refractivity contribution in [3.63, 3.8) is 0 Å². The lowest BCUT2D eigenvalue weighted by Crippen LogP contribution is -2.38. The van der Waals surface area contributed by atoms with Crippen molar-refractivity contribution >= 4 is 15.7 Å². The highest BCUT2D eigenvalue weighted by Crippen LogP contribution is 2.23. The number of ether oxygens (including phenoxy) is 1. The van der Waals surface area contributed by atoms with Crippen molar-refractivity contribution in [2.24, 2.45) is 0 Å². The van der Waals surface area contributed by atoms with Crippen LogP contribution in [-0.2, 0) is 9.84 Å². The molecule has 1 saturated heterocycles. The standard InChI is InChI=1S/C15H17N3O5S/c1-18(11-7-8-24(20,21)9-11)15(19)14-17-16-13(23-14)10-3-5-12(22-2)6-4-10/h3-6,11H,7-9H2,1-2H3. The van der Waals surface area contributed by atoms with Crippen molar-refractivity contribution in [1.82, 2.24) is 15.1 Å². The third-order valence-electron chi connectivity index (χ3n) is 4.02. The van der Waals surface area contributed by atoms with Crippen molar-refractivity contribution in [2.75, 3.05) is 25.7 Å². The number of rotatable bonds is 4. The van der Waals surface area contributed by atoms with Crippen molar-refractivity contribution < 1.29 is 22.4 Å². The van der Waals surface area contributed by atoms with Crippen LogP contribution in [0.3, 0.4) is 0 Å². The highest BCUT2D eigenvalue weighted by atomic mass is 32.2. The summed E-state index contributed by atoms with van der Waals surface area (Å²) in [5, 5.41) is 7.65. The van der Waals surface area contributed by atoms with Crippen LogP contribution in [0.25, 0.3) is 11.5 Å². The Hall–Kier alpha value is -2.42. The number of aromatic nitrogens is 2. The van der Waals surface area contributed by atoms with Crippen molar-refractivity contribution in [3.8, 4) is 17.2 Å². The maximum absolute atomic E-state index is 12.4. The number of hydrogen-bond donors (Lipinski definition) is 0. The van der Waals surface area contributed by atoms with Crippen LogP contribution in [0.1, 0.15) is 17.1 Å². The van der Waals surface area contributed by atoms with Crippen LogP contribution in [0.15, 0.2) is 28.7 Å². The zero-order chi connectivity index (χ0) is 17.3. The second-order valence-electron chi connectivity index (χ2n) is 5.61. The fourth-order valence-corrected chi connectivity index (χ4v) is 4.33. The molecule has 128 valence electrons. The Balaban J connectivity index is 1.75. The van der Waals surface area contributed by atoms with Gasteiger partial charge in [-0.2, -0.15) is 0 Å². The van der Waals surface area contributed by atoms with Gasteiger partial charge in [0.2, 0.25) is 5.89 Å². The number of amides is 1. The number of nitrogens with zero attached hydrogens (tertiary/aromatic N) is 3. The van der Waals surface area contributed by atoms with E-state index in [1.165, 1.54) is 4.90 Å². The van der Waals surface area contributed by atoms with Gasteiger partial charge in [-0.15, -0.1) is 10.2 Å². The second-order valence-corrected chi connectivity index (χ2v) is 7.84. The molecule has 0 N–H and O–H groups in total. The number of carbonyl (C=O) groups is 1. The molecular formula is C15H17N3O5S. The monoisotopic (exact) mass is 351 g/mol. The quantitative estimate of drug-likeness (QED) is 0.809. The lowest BCUT2D eigenvalue weighted by molar-refractivity contribution is 0.0708. The van der Waals surface area contributed by atoms with Gasteiger partial charge in [0, 0.05) is 18.7 Å². The van der Waals surface area contributed by atoms with Gasteiger partial charge in [0.1, 0.15) is 5.75 Å². The largest absolute Gasteiger partial charge is 0.497 e. The van der Waals surface area contributed by atoms with E-state index in [1.807, 2.05) is 0 Å². The minimum atomic E-state index is -3.07. The molecule has 1 aromatic carbocycles. The third-order valence-corrected chi connectivity index (χ3v) is 5.77. The van der Waals surface area contributed by atoms with Gasteiger partial charge in [-0.1, -0.05) is 0 Å². The summed E-state index contributed by atoms with van der Waals surface area (Å²) in [5.74, 6) is 0.326. The van der Waals surface area contributed by atoms with Crippen molar-refractivity contribution in [3.05, 3.63) is 30.2 Å². The Morgan fingerprint density at radius 1 is 1.29 bits per heavy atom. The van der Waals surface area contributed by atoms with E-state index in [9.17, 15) is 13.2 Å². The molecule has 1 fully saturated rings. The Kier molecular flexibility index (Phi) is 4.27. The fourth-order valence-electron chi connectivity index (χ4n) is 2.56. The highest BCUT2D eigenvalue weighted by molar-refractivity contribution is 7.91. The number of hydrogen-bond acceptors (Lipinski definition) is 7. The molecule has 3 rings (SSSR count). The molecule has 1 atom stereocenters. The van der Waals surface area contributed by atoms with Gasteiger partial charge in [0.05, 0.1) is 18.6 Å². The lowest BCUT2D eigenvalue weighted by atomic mass is 10.2. The minimum Gasteiger partial charge on any atom is -0.497 e. The topological polar surface area (TPSA) is 103 Å². The summed E-state index contributed by atoms with van der Waals surface area (Å²) < 4.78 is 33.6. The van der Waals surface area contributed by atoms with Gasteiger partial charge in [0.15, 0.2) is 9.84 Å². The van der Waals surface area contributed by atoms with Crippen LogP contribution >= 0.6 is 0 Å². The average molecular weight is 351 g/mol. The number of sulfone groups is 1. The van der Waals surface area contributed by atoms with Crippen LogP contribution in [0, 0.1) is 0 Å². The van der Waals surface area contributed by atoms with Crippen molar-refractivity contribution in [1.29, 1.82) is 0 Å². The van der Waals surface area contributed by atoms with Gasteiger partial charge in [-0.05, 0) is 30.7 Å². The third kappa shape index (κ3) is 3.25. The van der Waals surface area contributed by atoms with E-state index in [0.29, 0.717) is 17.7 Å². The molecule has 0 saturated carbocycles. The Morgan fingerprint density at radius 2 is 2.00 bits per heavy atom. The number of carbonyl (C=O) groups excluding carboxylic acids is 1. The molecule has 2 aromatic rings. The zero-order valence-corrected chi connectivity index (χ0v) is 14.1. The van der Waals surface area contributed by atoms with Gasteiger partial charge < -0.3 is 14.1 Å². The highest BCUT2D eigenvalue weighted by Gasteiger charge is 2.34. The van der Waals surface area contributed by atoms with Crippen LogP contribution in [-0.4, -0.2) is 61.1 Å². The minimum absolute atomic E-state index is 0.0330. The van der Waals surface area contributed by atoms with E-state index in [1.54, 1.807) is 38.4 Å². The van der Waals surface area contributed by atoms with Crippen LogP contribution in [0.2, 0.25) is 0 Å². The van der Waals surface area contributed by atoms with Gasteiger partial charge >= 0.3 is 11.8 Å². The van der Waals surface area contributed by atoms with Gasteiger partial charge in [-0.3, -0.25) is 4.79 Å². The first-order chi connectivity index (χ1) is 11.4. The first-order valence-electron chi connectivity index (χ1n) is 7.35. The van der Waals surface area contributed by atoms with E-state index in [4.69, 9.17) is 9.15 Å². The summed E-state index contributed by atoms with van der Waals surface area (Å²) >= 11 is 0.